The zero-order valence-corrected chi connectivity index (χ0v) is 12.7. The molecule has 0 bridgehead atoms. The lowest BCUT2D eigenvalue weighted by molar-refractivity contribution is -0.178. The molecule has 0 radical (unpaired) electrons. The van der Waals surface area contributed by atoms with Crippen LogP contribution in [-0.4, -0.2) is 33.8 Å². The summed E-state index contributed by atoms with van der Waals surface area (Å²) in [6.07, 6.45) is 0.379. The molecule has 0 spiro atoms. The van der Waals surface area contributed by atoms with Gasteiger partial charge in [-0.15, -0.1) is 11.3 Å². The van der Waals surface area contributed by atoms with Crippen molar-refractivity contribution in [3.05, 3.63) is 52.0 Å². The minimum Gasteiger partial charge on any atom is -0.394 e. The highest BCUT2D eigenvalue weighted by molar-refractivity contribution is 7.09. The predicted octanol–water partition coefficient (Wildman–Crippen LogP) is 1.48. The van der Waals surface area contributed by atoms with E-state index < -0.39 is 5.91 Å². The van der Waals surface area contributed by atoms with Gasteiger partial charge in [0.05, 0.1) is 12.6 Å². The first-order valence-corrected chi connectivity index (χ1v) is 7.88. The zero-order chi connectivity index (χ0) is 15.5. The number of hydrogen-bond donors (Lipinski definition) is 2. The van der Waals surface area contributed by atoms with Gasteiger partial charge in [-0.25, -0.2) is 4.98 Å². The van der Waals surface area contributed by atoms with Gasteiger partial charge in [0, 0.05) is 18.3 Å². The van der Waals surface area contributed by atoms with E-state index in [-0.39, 0.29) is 24.4 Å². The van der Waals surface area contributed by atoms with E-state index in [0.717, 1.165) is 10.6 Å². The maximum atomic E-state index is 11.2. The quantitative estimate of drug-likeness (QED) is 0.871. The standard InChI is InChI=1S/C15H17N3O3S/c16-14(20)12-9-22-15(17-12)13-6-11(8-19)21-18(13)7-10-4-2-1-3-5-10/h1-5,9,11,13,19H,6-8H2,(H2,16,20)/t11-,13+/m1/s1. The van der Waals surface area contributed by atoms with Crippen molar-refractivity contribution < 1.29 is 14.7 Å². The second-order valence-electron chi connectivity index (χ2n) is 5.16. The highest BCUT2D eigenvalue weighted by Crippen LogP contribution is 2.36. The van der Waals surface area contributed by atoms with E-state index in [1.807, 2.05) is 35.4 Å². The molecule has 1 fully saturated rings. The van der Waals surface area contributed by atoms with Gasteiger partial charge in [-0.2, -0.15) is 5.06 Å². The minimum atomic E-state index is -0.533. The first-order chi connectivity index (χ1) is 10.7. The number of hydroxylamine groups is 2. The number of rotatable bonds is 5. The molecule has 7 heteroatoms. The van der Waals surface area contributed by atoms with Gasteiger partial charge in [-0.3, -0.25) is 9.63 Å². The van der Waals surface area contributed by atoms with Crippen molar-refractivity contribution in [2.45, 2.75) is 25.1 Å². The van der Waals surface area contributed by atoms with Crippen LogP contribution in [0.25, 0.3) is 0 Å². The van der Waals surface area contributed by atoms with Crippen LogP contribution in [0.2, 0.25) is 0 Å². The molecular formula is C15H17N3O3S. The molecule has 2 aromatic rings. The second kappa shape index (κ2) is 6.53. The number of aliphatic hydroxyl groups excluding tert-OH is 1. The van der Waals surface area contributed by atoms with Crippen LogP contribution in [0.3, 0.4) is 0 Å². The summed E-state index contributed by atoms with van der Waals surface area (Å²) in [7, 11) is 0. The molecule has 1 saturated heterocycles. The summed E-state index contributed by atoms with van der Waals surface area (Å²) in [6.45, 7) is 0.545. The van der Waals surface area contributed by atoms with E-state index in [0.29, 0.717) is 13.0 Å². The van der Waals surface area contributed by atoms with E-state index in [1.165, 1.54) is 11.3 Å². The number of hydrogen-bond acceptors (Lipinski definition) is 6. The molecule has 0 saturated carbocycles. The molecule has 1 amide bonds. The molecule has 6 nitrogen and oxygen atoms in total. The van der Waals surface area contributed by atoms with Gasteiger partial charge in [0.1, 0.15) is 16.8 Å². The summed E-state index contributed by atoms with van der Waals surface area (Å²) in [5.74, 6) is -0.533. The molecule has 2 heterocycles. The third kappa shape index (κ3) is 3.17. The van der Waals surface area contributed by atoms with Crippen LogP contribution < -0.4 is 5.73 Å². The first-order valence-electron chi connectivity index (χ1n) is 7.01. The summed E-state index contributed by atoms with van der Waals surface area (Å²) < 4.78 is 0. The van der Waals surface area contributed by atoms with E-state index >= 15 is 0 Å². The topological polar surface area (TPSA) is 88.7 Å². The van der Waals surface area contributed by atoms with Crippen molar-refractivity contribution in [2.24, 2.45) is 5.73 Å². The third-order valence-corrected chi connectivity index (χ3v) is 4.51. The number of primary amides is 1. The monoisotopic (exact) mass is 319 g/mol. The number of aromatic nitrogens is 1. The van der Waals surface area contributed by atoms with E-state index in [9.17, 15) is 9.90 Å². The van der Waals surface area contributed by atoms with Gasteiger partial charge in [-0.05, 0) is 5.56 Å². The molecular weight excluding hydrogens is 302 g/mol. The predicted molar refractivity (Wildman–Crippen MR) is 81.9 cm³/mol. The van der Waals surface area contributed by atoms with Gasteiger partial charge in [-0.1, -0.05) is 30.3 Å². The van der Waals surface area contributed by atoms with Crippen LogP contribution in [0.5, 0.6) is 0 Å². The van der Waals surface area contributed by atoms with Crippen LogP contribution in [0.1, 0.15) is 33.5 Å². The Morgan fingerprint density at radius 3 is 2.86 bits per heavy atom. The largest absolute Gasteiger partial charge is 0.394 e. The maximum Gasteiger partial charge on any atom is 0.268 e. The Kier molecular flexibility index (Phi) is 4.49. The molecule has 3 rings (SSSR count). The lowest BCUT2D eigenvalue weighted by Crippen LogP contribution is -2.23. The summed E-state index contributed by atoms with van der Waals surface area (Å²) in [6, 6.07) is 9.85. The number of aliphatic hydroxyl groups is 1. The molecule has 1 aliphatic heterocycles. The number of carbonyl (C=O) groups is 1. The number of nitrogens with zero attached hydrogens (tertiary/aromatic N) is 2. The van der Waals surface area contributed by atoms with E-state index in [2.05, 4.69) is 4.98 Å². The van der Waals surface area contributed by atoms with Crippen LogP contribution in [0.4, 0.5) is 0 Å². The SMILES string of the molecule is NC(=O)c1csc([C@@H]2C[C@H](CO)ON2Cc2ccccc2)n1. The van der Waals surface area contributed by atoms with Gasteiger partial charge >= 0.3 is 0 Å². The molecule has 116 valence electrons. The molecule has 22 heavy (non-hydrogen) atoms. The minimum absolute atomic E-state index is 0.0458. The lowest BCUT2D eigenvalue weighted by Gasteiger charge is -2.21. The summed E-state index contributed by atoms with van der Waals surface area (Å²) in [5.41, 5.74) is 6.64. The van der Waals surface area contributed by atoms with Crippen molar-refractivity contribution >= 4 is 17.2 Å². The summed E-state index contributed by atoms with van der Waals surface area (Å²) >= 11 is 1.39. The van der Waals surface area contributed by atoms with Gasteiger partial charge in [0.2, 0.25) is 0 Å². The second-order valence-corrected chi connectivity index (χ2v) is 6.05. The Hall–Kier alpha value is -1.80. The van der Waals surface area contributed by atoms with Crippen molar-refractivity contribution in [1.29, 1.82) is 0 Å². The van der Waals surface area contributed by atoms with Crippen molar-refractivity contribution in [3.8, 4) is 0 Å². The molecule has 3 N–H and O–H groups in total. The van der Waals surface area contributed by atoms with Crippen LogP contribution in [-0.2, 0) is 11.4 Å². The van der Waals surface area contributed by atoms with Crippen molar-refractivity contribution in [3.63, 3.8) is 0 Å². The Bertz CT molecular complexity index is 646. The highest BCUT2D eigenvalue weighted by Gasteiger charge is 2.36. The fourth-order valence-corrected chi connectivity index (χ4v) is 3.39. The van der Waals surface area contributed by atoms with Gasteiger partial charge in [0.15, 0.2) is 0 Å². The van der Waals surface area contributed by atoms with Crippen LogP contribution in [0.15, 0.2) is 35.7 Å². The first kappa shape index (κ1) is 15.1. The smallest absolute Gasteiger partial charge is 0.268 e. The molecule has 0 aliphatic carbocycles. The Morgan fingerprint density at radius 2 is 2.23 bits per heavy atom. The summed E-state index contributed by atoms with van der Waals surface area (Å²) in [4.78, 5) is 21.3. The van der Waals surface area contributed by atoms with Gasteiger partial charge < -0.3 is 10.8 Å². The average Bonchev–Trinajstić information content (AvgIpc) is 3.14. The lowest BCUT2D eigenvalue weighted by atomic mass is 10.1. The summed E-state index contributed by atoms with van der Waals surface area (Å²) in [5, 5.41) is 13.6. The van der Waals surface area contributed by atoms with Crippen molar-refractivity contribution in [2.75, 3.05) is 6.61 Å². The Morgan fingerprint density at radius 1 is 1.45 bits per heavy atom. The number of benzene rings is 1. The highest BCUT2D eigenvalue weighted by atomic mass is 32.1. The number of carbonyl (C=O) groups excluding carboxylic acids is 1. The van der Waals surface area contributed by atoms with Crippen molar-refractivity contribution in [1.82, 2.24) is 10.0 Å². The van der Waals surface area contributed by atoms with E-state index in [4.69, 9.17) is 10.6 Å². The van der Waals surface area contributed by atoms with Crippen LogP contribution in [0, 0.1) is 0 Å². The molecule has 2 atom stereocenters. The average molecular weight is 319 g/mol. The normalized spacial score (nSPS) is 22.0. The maximum absolute atomic E-state index is 11.2. The Balaban J connectivity index is 1.81. The molecule has 0 unspecified atom stereocenters. The van der Waals surface area contributed by atoms with E-state index in [1.54, 1.807) is 5.38 Å². The fourth-order valence-electron chi connectivity index (χ4n) is 2.47. The molecule has 1 aromatic heterocycles. The zero-order valence-electron chi connectivity index (χ0n) is 11.9. The van der Waals surface area contributed by atoms with Gasteiger partial charge in [0.25, 0.3) is 5.91 Å². The Labute approximate surface area is 132 Å². The fraction of sp³-hybridized carbons (Fsp3) is 0.333. The third-order valence-electron chi connectivity index (χ3n) is 3.56. The van der Waals surface area contributed by atoms with Crippen LogP contribution >= 0.6 is 11.3 Å². The number of thiazole rings is 1. The molecule has 1 aliphatic rings. The molecule has 1 aromatic carbocycles. The number of nitrogens with two attached hydrogens (primary N) is 1. The number of amides is 1.